The maximum Gasteiger partial charge on any atom is 0.222 e. The molecule has 0 aromatic carbocycles. The van der Waals surface area contributed by atoms with E-state index in [0.29, 0.717) is 28.3 Å². The van der Waals surface area contributed by atoms with Crippen LogP contribution in [0.1, 0.15) is 0 Å². The van der Waals surface area contributed by atoms with Crippen LogP contribution in [0.3, 0.4) is 0 Å². The topological polar surface area (TPSA) is 55.5 Å². The molecule has 4 aromatic rings. The van der Waals surface area contributed by atoms with Crippen molar-refractivity contribution in [3.63, 3.8) is 0 Å². The molecule has 0 saturated carbocycles. The van der Waals surface area contributed by atoms with Crippen LogP contribution in [-0.4, -0.2) is 40.6 Å². The Hall–Kier alpha value is -3.48. The van der Waals surface area contributed by atoms with Crippen molar-refractivity contribution < 1.29 is 9.13 Å². The second-order valence-corrected chi connectivity index (χ2v) is 6.29. The fourth-order valence-corrected chi connectivity index (χ4v) is 2.81. The monoisotopic (exact) mass is 363 g/mol. The lowest BCUT2D eigenvalue weighted by Gasteiger charge is -2.11. The highest BCUT2D eigenvalue weighted by Crippen LogP contribution is 2.26. The Morgan fingerprint density at radius 3 is 2.48 bits per heavy atom. The van der Waals surface area contributed by atoms with Gasteiger partial charge in [-0.2, -0.15) is 4.39 Å². The second kappa shape index (κ2) is 6.68. The lowest BCUT2D eigenvalue weighted by molar-refractivity contribution is 0.412. The molecular formula is C20H18FN5O. The number of anilines is 1. The summed E-state index contributed by atoms with van der Waals surface area (Å²) in [6, 6.07) is 10.8. The lowest BCUT2D eigenvalue weighted by atomic mass is 10.1. The Kier molecular flexibility index (Phi) is 4.19. The predicted molar refractivity (Wildman–Crippen MR) is 102 cm³/mol. The summed E-state index contributed by atoms with van der Waals surface area (Å²) in [6.07, 6.45) is 5.24. The standard InChI is InChI=1S/C20H18FN5O/c1-25(2)18-8-4-13(10-22-18)16-7-6-15(20(21)24-16)17-12-26-11-14(27-3)5-9-19(26)23-17/h4-12H,1-3H3. The number of fused-ring (bicyclic) bond motifs is 1. The first-order valence-corrected chi connectivity index (χ1v) is 8.38. The molecule has 136 valence electrons. The number of ether oxygens (including phenoxy) is 1. The molecule has 0 spiro atoms. The van der Waals surface area contributed by atoms with Gasteiger partial charge in [0, 0.05) is 32.1 Å². The van der Waals surface area contributed by atoms with Gasteiger partial charge in [-0.1, -0.05) is 0 Å². The van der Waals surface area contributed by atoms with Gasteiger partial charge in [0.05, 0.1) is 30.3 Å². The minimum Gasteiger partial charge on any atom is -0.495 e. The van der Waals surface area contributed by atoms with E-state index in [0.717, 1.165) is 11.4 Å². The van der Waals surface area contributed by atoms with Crippen LogP contribution in [0, 0.1) is 5.95 Å². The highest BCUT2D eigenvalue weighted by atomic mass is 19.1. The van der Waals surface area contributed by atoms with Crippen molar-refractivity contribution in [2.75, 3.05) is 26.1 Å². The number of nitrogens with zero attached hydrogens (tertiary/aromatic N) is 5. The summed E-state index contributed by atoms with van der Waals surface area (Å²) in [7, 11) is 5.43. The average molecular weight is 363 g/mol. The molecule has 6 nitrogen and oxygen atoms in total. The molecule has 0 radical (unpaired) electrons. The first-order valence-electron chi connectivity index (χ1n) is 8.38. The molecule has 0 aliphatic heterocycles. The zero-order chi connectivity index (χ0) is 19.0. The van der Waals surface area contributed by atoms with E-state index < -0.39 is 5.95 Å². The minimum absolute atomic E-state index is 0.347. The zero-order valence-electron chi connectivity index (χ0n) is 15.2. The van der Waals surface area contributed by atoms with Crippen molar-refractivity contribution in [2.45, 2.75) is 0 Å². The maximum atomic E-state index is 14.7. The lowest BCUT2D eigenvalue weighted by Crippen LogP contribution is -2.10. The second-order valence-electron chi connectivity index (χ2n) is 6.29. The molecule has 27 heavy (non-hydrogen) atoms. The zero-order valence-corrected chi connectivity index (χ0v) is 15.2. The number of methoxy groups -OCH3 is 1. The summed E-state index contributed by atoms with van der Waals surface area (Å²) in [5.74, 6) is 0.963. The fourth-order valence-electron chi connectivity index (χ4n) is 2.81. The Morgan fingerprint density at radius 1 is 0.963 bits per heavy atom. The van der Waals surface area contributed by atoms with Gasteiger partial charge in [0.1, 0.15) is 17.2 Å². The quantitative estimate of drug-likeness (QED) is 0.518. The summed E-state index contributed by atoms with van der Waals surface area (Å²) >= 11 is 0. The van der Waals surface area contributed by atoms with Gasteiger partial charge < -0.3 is 14.0 Å². The molecule has 0 bridgehead atoms. The SMILES string of the molecule is COc1ccc2nc(-c3ccc(-c4ccc(N(C)C)nc4)nc3F)cn2c1. The van der Waals surface area contributed by atoms with E-state index in [4.69, 9.17) is 4.74 Å². The van der Waals surface area contributed by atoms with Crippen LogP contribution >= 0.6 is 0 Å². The molecule has 0 atom stereocenters. The summed E-state index contributed by atoms with van der Waals surface area (Å²) in [5.41, 5.74) is 2.85. The minimum atomic E-state index is -0.570. The highest BCUT2D eigenvalue weighted by molar-refractivity contribution is 5.67. The van der Waals surface area contributed by atoms with Gasteiger partial charge in [-0.05, 0) is 36.4 Å². The van der Waals surface area contributed by atoms with Crippen LogP contribution in [0.5, 0.6) is 5.75 Å². The normalized spacial score (nSPS) is 11.0. The number of halogens is 1. The first-order chi connectivity index (χ1) is 13.0. The highest BCUT2D eigenvalue weighted by Gasteiger charge is 2.13. The average Bonchev–Trinajstić information content (AvgIpc) is 3.10. The largest absolute Gasteiger partial charge is 0.495 e. The van der Waals surface area contributed by atoms with E-state index in [2.05, 4.69) is 15.0 Å². The summed E-state index contributed by atoms with van der Waals surface area (Å²) in [6.45, 7) is 0. The molecule has 0 unspecified atom stereocenters. The van der Waals surface area contributed by atoms with Gasteiger partial charge in [0.15, 0.2) is 0 Å². The van der Waals surface area contributed by atoms with Crippen LogP contribution in [0.4, 0.5) is 10.2 Å². The van der Waals surface area contributed by atoms with E-state index in [1.165, 1.54) is 0 Å². The fraction of sp³-hybridized carbons (Fsp3) is 0.150. The van der Waals surface area contributed by atoms with E-state index in [-0.39, 0.29) is 0 Å². The molecule has 0 aliphatic carbocycles. The molecule has 0 aliphatic rings. The third kappa shape index (κ3) is 3.19. The number of pyridine rings is 3. The van der Waals surface area contributed by atoms with Crippen molar-refractivity contribution in [3.05, 3.63) is 60.9 Å². The summed E-state index contributed by atoms with van der Waals surface area (Å²) < 4.78 is 21.7. The number of aromatic nitrogens is 4. The van der Waals surface area contributed by atoms with Crippen molar-refractivity contribution in [1.29, 1.82) is 0 Å². The smallest absolute Gasteiger partial charge is 0.222 e. The Labute approximate surface area is 155 Å². The van der Waals surface area contributed by atoms with E-state index in [1.807, 2.05) is 43.3 Å². The van der Waals surface area contributed by atoms with Crippen molar-refractivity contribution in [2.24, 2.45) is 0 Å². The van der Waals surface area contributed by atoms with Gasteiger partial charge in [-0.25, -0.2) is 15.0 Å². The molecule has 4 aromatic heterocycles. The predicted octanol–water partition coefficient (Wildman–Crippen LogP) is 3.67. The third-order valence-electron chi connectivity index (χ3n) is 4.29. The van der Waals surface area contributed by atoms with Gasteiger partial charge in [0.2, 0.25) is 5.95 Å². The molecule has 0 saturated heterocycles. The molecular weight excluding hydrogens is 345 g/mol. The van der Waals surface area contributed by atoms with Gasteiger partial charge in [0.25, 0.3) is 0 Å². The van der Waals surface area contributed by atoms with Crippen molar-refractivity contribution in [3.8, 4) is 28.3 Å². The van der Waals surface area contributed by atoms with Crippen LogP contribution in [-0.2, 0) is 0 Å². The maximum absolute atomic E-state index is 14.7. The van der Waals surface area contributed by atoms with E-state index in [1.54, 1.807) is 42.2 Å². The number of rotatable bonds is 4. The molecule has 0 amide bonds. The first kappa shape index (κ1) is 17.0. The molecule has 7 heteroatoms. The Balaban J connectivity index is 1.69. The Morgan fingerprint density at radius 2 is 1.81 bits per heavy atom. The van der Waals surface area contributed by atoms with Crippen LogP contribution in [0.15, 0.2) is 55.0 Å². The summed E-state index contributed by atoms with van der Waals surface area (Å²) in [4.78, 5) is 14.8. The van der Waals surface area contributed by atoms with Crippen LogP contribution < -0.4 is 9.64 Å². The van der Waals surface area contributed by atoms with E-state index in [9.17, 15) is 4.39 Å². The molecule has 4 rings (SSSR count). The van der Waals surface area contributed by atoms with Crippen molar-refractivity contribution in [1.82, 2.24) is 19.4 Å². The van der Waals surface area contributed by atoms with E-state index >= 15 is 0 Å². The van der Waals surface area contributed by atoms with Crippen molar-refractivity contribution >= 4 is 11.5 Å². The van der Waals surface area contributed by atoms with Gasteiger partial charge >= 0.3 is 0 Å². The number of imidazole rings is 1. The molecule has 0 N–H and O–H groups in total. The van der Waals surface area contributed by atoms with Gasteiger partial charge in [-0.3, -0.25) is 0 Å². The van der Waals surface area contributed by atoms with Crippen LogP contribution in [0.2, 0.25) is 0 Å². The van der Waals surface area contributed by atoms with Crippen LogP contribution in [0.25, 0.3) is 28.2 Å². The van der Waals surface area contributed by atoms with Gasteiger partial charge in [-0.15, -0.1) is 0 Å². The molecule has 0 fully saturated rings. The number of hydrogen-bond acceptors (Lipinski definition) is 5. The third-order valence-corrected chi connectivity index (χ3v) is 4.29. The Bertz CT molecular complexity index is 1110. The molecule has 4 heterocycles. The number of hydrogen-bond donors (Lipinski definition) is 0. The summed E-state index contributed by atoms with van der Waals surface area (Å²) in [5, 5.41) is 0.